The fourth-order valence-corrected chi connectivity index (χ4v) is 5.04. The van der Waals surface area contributed by atoms with E-state index in [9.17, 15) is 10.1 Å². The lowest BCUT2D eigenvalue weighted by Crippen LogP contribution is -2.43. The molecule has 7 heteroatoms. The van der Waals surface area contributed by atoms with Gasteiger partial charge in [0.1, 0.15) is 5.75 Å². The molecule has 1 aromatic heterocycles. The monoisotopic (exact) mass is 506 g/mol. The van der Waals surface area contributed by atoms with Crippen LogP contribution in [0.2, 0.25) is 0 Å². The molecular formula is C26H27BrN4O2. The lowest BCUT2D eigenvalue weighted by Gasteiger charge is -2.34. The van der Waals surface area contributed by atoms with E-state index in [2.05, 4.69) is 38.9 Å². The summed E-state index contributed by atoms with van der Waals surface area (Å²) in [6.07, 6.45) is 6.29. The summed E-state index contributed by atoms with van der Waals surface area (Å²) >= 11 is 3.63. The number of carbonyl (C=O) groups excluding carboxylic acids is 1. The van der Waals surface area contributed by atoms with Crippen LogP contribution in [0.1, 0.15) is 61.1 Å². The summed E-state index contributed by atoms with van der Waals surface area (Å²) in [5, 5.41) is 9.66. The van der Waals surface area contributed by atoms with Crippen molar-refractivity contribution in [3.8, 4) is 11.8 Å². The molecule has 1 aliphatic rings. The molecule has 1 N–H and O–H groups in total. The fourth-order valence-electron chi connectivity index (χ4n) is 4.70. The minimum Gasteiger partial charge on any atom is -0.478 e. The SMILES string of the molecule is CC[C@@]1(c2ccc(Br)c(OC(c3cnc[nH]3)c3ccccc3C#N)c2)CCCCN(C)C1=O. The number of rotatable bonds is 6. The van der Waals surface area contributed by atoms with Crippen LogP contribution in [-0.4, -0.2) is 34.4 Å². The number of aromatic nitrogens is 2. The van der Waals surface area contributed by atoms with Crippen LogP contribution in [0.3, 0.4) is 0 Å². The van der Waals surface area contributed by atoms with Crippen LogP contribution in [0, 0.1) is 11.3 Å². The minimum absolute atomic E-state index is 0.163. The molecule has 2 aromatic carbocycles. The first-order chi connectivity index (χ1) is 16.0. The maximum absolute atomic E-state index is 13.4. The van der Waals surface area contributed by atoms with E-state index in [1.165, 1.54) is 0 Å². The van der Waals surface area contributed by atoms with Crippen molar-refractivity contribution in [2.24, 2.45) is 0 Å². The van der Waals surface area contributed by atoms with Crippen molar-refractivity contribution in [1.82, 2.24) is 14.9 Å². The first-order valence-electron chi connectivity index (χ1n) is 11.2. The molecule has 0 bridgehead atoms. The van der Waals surface area contributed by atoms with E-state index in [1.54, 1.807) is 18.6 Å². The Morgan fingerprint density at radius 1 is 1.30 bits per heavy atom. The van der Waals surface area contributed by atoms with E-state index >= 15 is 0 Å². The highest BCUT2D eigenvalue weighted by atomic mass is 79.9. The Kier molecular flexibility index (Phi) is 6.85. The molecule has 4 rings (SSSR count). The van der Waals surface area contributed by atoms with E-state index in [4.69, 9.17) is 4.74 Å². The highest BCUT2D eigenvalue weighted by Crippen LogP contribution is 2.42. The second kappa shape index (κ2) is 9.80. The first kappa shape index (κ1) is 23.1. The Labute approximate surface area is 202 Å². The number of nitriles is 1. The largest absolute Gasteiger partial charge is 0.478 e. The summed E-state index contributed by atoms with van der Waals surface area (Å²) in [6.45, 7) is 2.86. The van der Waals surface area contributed by atoms with Gasteiger partial charge >= 0.3 is 0 Å². The van der Waals surface area contributed by atoms with Crippen LogP contribution in [0.15, 0.2) is 59.5 Å². The second-order valence-corrected chi connectivity index (χ2v) is 9.32. The van der Waals surface area contributed by atoms with Gasteiger partial charge in [-0.1, -0.05) is 37.6 Å². The molecular weight excluding hydrogens is 480 g/mol. The quantitative estimate of drug-likeness (QED) is 0.478. The van der Waals surface area contributed by atoms with E-state index in [1.807, 2.05) is 48.3 Å². The topological polar surface area (TPSA) is 82.0 Å². The molecule has 0 aliphatic carbocycles. The number of hydrogen-bond donors (Lipinski definition) is 1. The second-order valence-electron chi connectivity index (χ2n) is 8.47. The van der Waals surface area contributed by atoms with Gasteiger partial charge in [-0.25, -0.2) is 4.98 Å². The molecule has 6 nitrogen and oxygen atoms in total. The van der Waals surface area contributed by atoms with Crippen molar-refractivity contribution in [3.63, 3.8) is 0 Å². The third-order valence-electron chi connectivity index (χ3n) is 6.60. The molecule has 3 aromatic rings. The number of nitrogens with zero attached hydrogens (tertiary/aromatic N) is 3. The van der Waals surface area contributed by atoms with E-state index in [-0.39, 0.29) is 5.91 Å². The van der Waals surface area contributed by atoms with Gasteiger partial charge in [-0.3, -0.25) is 4.79 Å². The summed E-state index contributed by atoms with van der Waals surface area (Å²) in [4.78, 5) is 22.6. The number of H-pyrrole nitrogens is 1. The number of ether oxygens (including phenoxy) is 1. The number of imidazole rings is 1. The van der Waals surface area contributed by atoms with Gasteiger partial charge in [0.25, 0.3) is 0 Å². The Morgan fingerprint density at radius 3 is 2.85 bits per heavy atom. The molecule has 1 amide bonds. The number of aromatic amines is 1. The van der Waals surface area contributed by atoms with Crippen molar-refractivity contribution in [2.45, 2.75) is 44.1 Å². The smallest absolute Gasteiger partial charge is 0.232 e. The van der Waals surface area contributed by atoms with Crippen molar-refractivity contribution < 1.29 is 9.53 Å². The van der Waals surface area contributed by atoms with Gasteiger partial charge < -0.3 is 14.6 Å². The lowest BCUT2D eigenvalue weighted by atomic mass is 9.73. The minimum atomic E-state index is -0.571. The molecule has 2 atom stereocenters. The number of benzene rings is 2. The van der Waals surface area contributed by atoms with Gasteiger partial charge in [-0.05, 0) is 59.0 Å². The fraction of sp³-hybridized carbons (Fsp3) is 0.346. The predicted octanol–water partition coefficient (Wildman–Crippen LogP) is 5.50. The average molecular weight is 507 g/mol. The van der Waals surface area contributed by atoms with E-state index in [0.717, 1.165) is 53.5 Å². The highest BCUT2D eigenvalue weighted by Gasteiger charge is 2.41. The average Bonchev–Trinajstić information content (AvgIpc) is 3.33. The third-order valence-corrected chi connectivity index (χ3v) is 7.26. The van der Waals surface area contributed by atoms with Gasteiger partial charge in [-0.2, -0.15) is 5.26 Å². The number of likely N-dealkylation sites (N-methyl/N-ethyl adjacent to an activating group) is 1. The van der Waals surface area contributed by atoms with Crippen molar-refractivity contribution in [2.75, 3.05) is 13.6 Å². The van der Waals surface area contributed by atoms with Gasteiger partial charge in [0.05, 0.1) is 39.7 Å². The highest BCUT2D eigenvalue weighted by molar-refractivity contribution is 9.10. The standard InChI is InChI=1S/C26H27BrN4O2/c1-3-26(12-6-7-13-31(2)25(26)32)19-10-11-21(27)23(14-19)33-24(22-16-29-17-30-22)20-9-5-4-8-18(20)15-28/h4-5,8-11,14,16-17,24H,3,6-7,12-13H2,1-2H3,(H,29,30)/t24?,26-/m0/s1. The summed E-state index contributed by atoms with van der Waals surface area (Å²) in [5.74, 6) is 0.781. The molecule has 1 saturated heterocycles. The van der Waals surface area contributed by atoms with Crippen LogP contribution in [0.25, 0.3) is 0 Å². The lowest BCUT2D eigenvalue weighted by molar-refractivity contribution is -0.135. The molecule has 33 heavy (non-hydrogen) atoms. The molecule has 1 fully saturated rings. The molecule has 0 spiro atoms. The summed E-state index contributed by atoms with van der Waals surface area (Å²) in [7, 11) is 1.89. The maximum atomic E-state index is 13.4. The van der Waals surface area contributed by atoms with Crippen molar-refractivity contribution in [1.29, 1.82) is 5.26 Å². The summed E-state index contributed by atoms with van der Waals surface area (Å²) < 4.78 is 7.32. The molecule has 0 radical (unpaired) electrons. The van der Waals surface area contributed by atoms with Crippen LogP contribution in [0.5, 0.6) is 5.75 Å². The number of nitrogens with one attached hydrogen (secondary N) is 1. The third kappa shape index (κ3) is 4.40. The molecule has 0 saturated carbocycles. The molecule has 2 heterocycles. The van der Waals surface area contributed by atoms with E-state index in [0.29, 0.717) is 11.3 Å². The van der Waals surface area contributed by atoms with E-state index < -0.39 is 11.5 Å². The van der Waals surface area contributed by atoms with Gasteiger partial charge in [0.2, 0.25) is 5.91 Å². The number of amides is 1. The zero-order valence-corrected chi connectivity index (χ0v) is 20.4. The Balaban J connectivity index is 1.78. The number of likely N-dealkylation sites (tertiary alicyclic amines) is 1. The number of halogens is 1. The Bertz CT molecular complexity index is 1170. The van der Waals surface area contributed by atoms with Gasteiger partial charge in [0.15, 0.2) is 6.10 Å². The number of hydrogen-bond acceptors (Lipinski definition) is 4. The van der Waals surface area contributed by atoms with Crippen LogP contribution in [0.4, 0.5) is 0 Å². The van der Waals surface area contributed by atoms with Crippen molar-refractivity contribution >= 4 is 21.8 Å². The zero-order valence-electron chi connectivity index (χ0n) is 18.8. The normalized spacial score (nSPS) is 19.6. The van der Waals surface area contributed by atoms with Gasteiger partial charge in [0, 0.05) is 19.2 Å². The van der Waals surface area contributed by atoms with Crippen molar-refractivity contribution in [3.05, 3.63) is 81.8 Å². The van der Waals surface area contributed by atoms with Crippen LogP contribution < -0.4 is 4.74 Å². The first-order valence-corrected chi connectivity index (χ1v) is 12.0. The summed E-state index contributed by atoms with van der Waals surface area (Å²) in [6, 6.07) is 15.6. The Morgan fingerprint density at radius 2 is 2.12 bits per heavy atom. The molecule has 1 unspecified atom stereocenters. The van der Waals surface area contributed by atoms with Crippen LogP contribution >= 0.6 is 15.9 Å². The maximum Gasteiger partial charge on any atom is 0.232 e. The number of carbonyl (C=O) groups is 1. The van der Waals surface area contributed by atoms with Gasteiger partial charge in [-0.15, -0.1) is 0 Å². The van der Waals surface area contributed by atoms with Crippen LogP contribution in [-0.2, 0) is 10.2 Å². The molecule has 1 aliphatic heterocycles. The Hall–Kier alpha value is -3.11. The molecule has 170 valence electrons. The zero-order chi connectivity index (χ0) is 23.4. The predicted molar refractivity (Wildman–Crippen MR) is 130 cm³/mol. The summed E-state index contributed by atoms with van der Waals surface area (Å²) in [5.41, 5.74) is 2.41.